The summed E-state index contributed by atoms with van der Waals surface area (Å²) in [5, 5.41) is 7.04. The molecule has 1 unspecified atom stereocenters. The Morgan fingerprint density at radius 2 is 1.05 bits per heavy atom. The van der Waals surface area contributed by atoms with E-state index < -0.39 is 6.29 Å². The Hall–Kier alpha value is -7.61. The molecule has 1 atom stereocenters. The van der Waals surface area contributed by atoms with Crippen molar-refractivity contribution in [2.45, 2.75) is 6.29 Å². The van der Waals surface area contributed by atoms with Crippen molar-refractivity contribution >= 4 is 72.1 Å². The number of fused-ring (bicyclic) bond motifs is 5. The molecule has 0 amide bonds. The predicted molar refractivity (Wildman–Crippen MR) is 246 cm³/mol. The zero-order valence-electron chi connectivity index (χ0n) is 31.9. The third-order valence-electron chi connectivity index (χ3n) is 10.9. The zero-order chi connectivity index (χ0) is 39.1. The highest BCUT2D eigenvalue weighted by molar-refractivity contribution is 7.22. The van der Waals surface area contributed by atoms with Crippen LogP contribution in [0.25, 0.3) is 53.7 Å². The van der Waals surface area contributed by atoms with E-state index in [2.05, 4.69) is 179 Å². The minimum absolute atomic E-state index is 0.488. The van der Waals surface area contributed by atoms with Crippen LogP contribution >= 0.6 is 11.3 Å². The summed E-state index contributed by atoms with van der Waals surface area (Å²) in [7, 11) is 0. The van der Waals surface area contributed by atoms with Crippen LogP contribution < -0.4 is 10.2 Å². The molecule has 280 valence electrons. The van der Waals surface area contributed by atoms with Crippen LogP contribution in [0.4, 0.5) is 17.1 Å². The number of amidine groups is 2. The highest BCUT2D eigenvalue weighted by atomic mass is 32.1. The van der Waals surface area contributed by atoms with Gasteiger partial charge in [0.05, 0.1) is 21.3 Å². The van der Waals surface area contributed by atoms with Gasteiger partial charge in [-0.25, -0.2) is 15.0 Å². The van der Waals surface area contributed by atoms with Crippen molar-refractivity contribution in [2.75, 3.05) is 4.90 Å². The fraction of sp³-hybridized carbons (Fsp3) is 0.0192. The molecule has 0 fully saturated rings. The van der Waals surface area contributed by atoms with E-state index in [9.17, 15) is 0 Å². The Morgan fingerprint density at radius 1 is 0.492 bits per heavy atom. The summed E-state index contributed by atoms with van der Waals surface area (Å²) < 4.78 is 3.47. The predicted octanol–water partition coefficient (Wildman–Crippen LogP) is 13.2. The number of rotatable bonds is 8. The molecule has 7 heteroatoms. The largest absolute Gasteiger partial charge is 0.331 e. The first-order valence-electron chi connectivity index (χ1n) is 19.7. The monoisotopic (exact) mass is 776 g/mol. The van der Waals surface area contributed by atoms with Crippen LogP contribution in [0.1, 0.15) is 17.4 Å². The molecule has 0 bridgehead atoms. The van der Waals surface area contributed by atoms with Gasteiger partial charge in [0.25, 0.3) is 0 Å². The summed E-state index contributed by atoms with van der Waals surface area (Å²) in [4.78, 5) is 17.9. The van der Waals surface area contributed by atoms with Crippen LogP contribution in [-0.2, 0) is 0 Å². The summed E-state index contributed by atoms with van der Waals surface area (Å²) >= 11 is 1.73. The number of hydrogen-bond donors (Lipinski definition) is 1. The number of anilines is 3. The molecule has 0 radical (unpaired) electrons. The Kier molecular flexibility index (Phi) is 8.64. The van der Waals surface area contributed by atoms with Crippen LogP contribution in [0, 0.1) is 0 Å². The number of benzene rings is 8. The molecular weight excluding hydrogens is 741 g/mol. The average molecular weight is 777 g/mol. The molecule has 10 aromatic rings. The smallest absolute Gasteiger partial charge is 0.204 e. The lowest BCUT2D eigenvalue weighted by Gasteiger charge is -2.26. The van der Waals surface area contributed by atoms with Gasteiger partial charge in [-0.2, -0.15) is 0 Å². The van der Waals surface area contributed by atoms with Gasteiger partial charge in [-0.1, -0.05) is 146 Å². The van der Waals surface area contributed by atoms with Gasteiger partial charge in [0, 0.05) is 44.5 Å². The molecule has 1 aliphatic heterocycles. The molecule has 1 N–H and O–H groups in total. The summed E-state index contributed by atoms with van der Waals surface area (Å²) in [5.41, 5.74) is 11.8. The molecule has 6 nitrogen and oxygen atoms in total. The Labute approximate surface area is 345 Å². The second-order valence-corrected chi connectivity index (χ2v) is 15.5. The van der Waals surface area contributed by atoms with E-state index in [-0.39, 0.29) is 0 Å². The Bertz CT molecular complexity index is 3120. The van der Waals surface area contributed by atoms with Gasteiger partial charge in [-0.15, -0.1) is 11.3 Å². The average Bonchev–Trinajstić information content (AvgIpc) is 3.90. The number of nitrogens with one attached hydrogen (secondary N) is 1. The second kappa shape index (κ2) is 14.7. The third kappa shape index (κ3) is 6.34. The lowest BCUT2D eigenvalue weighted by atomic mass is 10.0. The van der Waals surface area contributed by atoms with E-state index in [1.165, 1.54) is 0 Å². The second-order valence-electron chi connectivity index (χ2n) is 14.5. The highest BCUT2D eigenvalue weighted by Crippen LogP contribution is 2.43. The van der Waals surface area contributed by atoms with Gasteiger partial charge in [0.2, 0.25) is 6.29 Å². The molecule has 1 aliphatic rings. The van der Waals surface area contributed by atoms with Gasteiger partial charge in [0.15, 0.2) is 5.84 Å². The number of para-hydroxylation sites is 2. The first kappa shape index (κ1) is 34.6. The molecule has 11 rings (SSSR count). The van der Waals surface area contributed by atoms with Gasteiger partial charge < -0.3 is 10.2 Å². The normalized spacial score (nSPS) is 13.9. The minimum atomic E-state index is -0.488. The van der Waals surface area contributed by atoms with E-state index in [1.54, 1.807) is 11.3 Å². The first-order chi connectivity index (χ1) is 29.2. The van der Waals surface area contributed by atoms with Crippen molar-refractivity contribution in [3.05, 3.63) is 217 Å². The number of thiazole rings is 1. The molecule has 0 spiro atoms. The van der Waals surface area contributed by atoms with Crippen molar-refractivity contribution in [1.29, 1.82) is 0 Å². The highest BCUT2D eigenvalue weighted by Gasteiger charge is 2.27. The zero-order valence-corrected chi connectivity index (χ0v) is 32.7. The van der Waals surface area contributed by atoms with E-state index in [4.69, 9.17) is 15.0 Å². The lowest BCUT2D eigenvalue weighted by molar-refractivity contribution is 0.516. The van der Waals surface area contributed by atoms with Crippen LogP contribution in [0.5, 0.6) is 0 Å². The van der Waals surface area contributed by atoms with Crippen molar-refractivity contribution in [3.63, 3.8) is 0 Å². The SMILES string of the molecule is c1ccc(C2=NC(n3c4ccc(-c5ccc(N(c6ccccc6)c6ccccc6)cc5)cc4c4ccc5nc(-c6ccccc6)sc5c43)NC(c3ccccc3)=N2)cc1. The topological polar surface area (TPSA) is 57.8 Å². The number of nitrogens with zero attached hydrogens (tertiary/aromatic N) is 5. The quantitative estimate of drug-likeness (QED) is 0.167. The van der Waals surface area contributed by atoms with E-state index >= 15 is 0 Å². The van der Waals surface area contributed by atoms with Crippen LogP contribution in [0.2, 0.25) is 0 Å². The van der Waals surface area contributed by atoms with Crippen molar-refractivity contribution in [2.24, 2.45) is 9.98 Å². The fourth-order valence-corrected chi connectivity index (χ4v) is 9.20. The summed E-state index contributed by atoms with van der Waals surface area (Å²) in [6.07, 6.45) is -0.488. The van der Waals surface area contributed by atoms with E-state index in [0.717, 1.165) is 87.7 Å². The molecular formula is C52H36N6S. The molecule has 0 saturated carbocycles. The van der Waals surface area contributed by atoms with Crippen LogP contribution in [-0.4, -0.2) is 21.2 Å². The molecule has 0 aliphatic carbocycles. The molecule has 3 heterocycles. The van der Waals surface area contributed by atoms with Gasteiger partial charge in [-0.05, 0) is 71.8 Å². The number of aromatic nitrogens is 2. The van der Waals surface area contributed by atoms with Crippen molar-refractivity contribution in [1.82, 2.24) is 14.9 Å². The van der Waals surface area contributed by atoms with E-state index in [1.807, 2.05) is 42.5 Å². The maximum Gasteiger partial charge on any atom is 0.204 e. The number of hydrogen-bond acceptors (Lipinski definition) is 6. The molecule has 0 saturated heterocycles. The van der Waals surface area contributed by atoms with Crippen LogP contribution in [0.3, 0.4) is 0 Å². The van der Waals surface area contributed by atoms with E-state index in [0.29, 0.717) is 5.84 Å². The van der Waals surface area contributed by atoms with Gasteiger partial charge in [0.1, 0.15) is 10.8 Å². The minimum Gasteiger partial charge on any atom is -0.331 e. The Morgan fingerprint density at radius 3 is 1.69 bits per heavy atom. The summed E-state index contributed by atoms with van der Waals surface area (Å²) in [6.45, 7) is 0. The number of aliphatic imine (C=N–C) groups is 2. The fourth-order valence-electron chi connectivity index (χ4n) is 8.09. The van der Waals surface area contributed by atoms with Crippen LogP contribution in [0.15, 0.2) is 216 Å². The molecule has 8 aromatic carbocycles. The summed E-state index contributed by atoms with van der Waals surface area (Å²) in [6, 6.07) is 72.1. The standard InChI is InChI=1S/C52H36N6S/c1-6-16-36(17-7-1)49-54-50(37-18-8-2-9-19-37)56-52(55-49)58-46-33-28-39(34-44(46)43-31-32-45-48(47(43)58)59-51(53-45)38-20-10-3-11-21-38)35-26-29-42(30-27-35)57(40-22-12-4-13-23-40)41-24-14-5-15-25-41/h1-34,52H,(H,54,55,56). The maximum absolute atomic E-state index is 5.36. The molecule has 2 aromatic heterocycles. The van der Waals surface area contributed by atoms with Crippen molar-refractivity contribution < 1.29 is 0 Å². The maximum atomic E-state index is 5.36. The summed E-state index contributed by atoms with van der Waals surface area (Å²) in [5.74, 6) is 1.46. The van der Waals surface area contributed by atoms with Crippen molar-refractivity contribution in [3.8, 4) is 21.7 Å². The lowest BCUT2D eigenvalue weighted by Crippen LogP contribution is -2.36. The Balaban J connectivity index is 1.08. The molecule has 59 heavy (non-hydrogen) atoms. The third-order valence-corrected chi connectivity index (χ3v) is 12.0. The first-order valence-corrected chi connectivity index (χ1v) is 20.5. The van der Waals surface area contributed by atoms with Gasteiger partial charge >= 0.3 is 0 Å². The van der Waals surface area contributed by atoms with Gasteiger partial charge in [-0.3, -0.25) is 4.57 Å².